The maximum Gasteiger partial charge on any atom is 0.212 e. The Morgan fingerprint density at radius 2 is 2.00 bits per heavy atom. The van der Waals surface area contributed by atoms with Gasteiger partial charge in [-0.25, -0.2) is 13.1 Å². The number of ether oxygens (including phenoxy) is 2. The second-order valence-corrected chi connectivity index (χ2v) is 6.56. The largest absolute Gasteiger partial charge is 0.497 e. The zero-order chi connectivity index (χ0) is 15.2. The van der Waals surface area contributed by atoms with Crippen molar-refractivity contribution in [3.63, 3.8) is 0 Å². The third kappa shape index (κ3) is 4.85. The van der Waals surface area contributed by atoms with Gasteiger partial charge in [0.25, 0.3) is 0 Å². The molecule has 1 aromatic rings. The Hall–Kier alpha value is -0.980. The van der Waals surface area contributed by atoms with Gasteiger partial charge in [-0.15, -0.1) is 11.6 Å². The van der Waals surface area contributed by atoms with Crippen molar-refractivity contribution >= 4 is 21.6 Å². The number of nitrogens with one attached hydrogen (secondary N) is 1. The lowest BCUT2D eigenvalue weighted by molar-refractivity contribution is 0.395. The Kier molecular flexibility index (Phi) is 6.58. The summed E-state index contributed by atoms with van der Waals surface area (Å²) in [7, 11) is -0.268. The van der Waals surface area contributed by atoms with Gasteiger partial charge in [0.05, 0.1) is 20.0 Å². The maximum atomic E-state index is 11.9. The number of methoxy groups -OCH3 is 2. The number of sulfonamides is 1. The van der Waals surface area contributed by atoms with Crippen molar-refractivity contribution in [2.75, 3.05) is 25.9 Å². The van der Waals surface area contributed by atoms with Gasteiger partial charge in [0.2, 0.25) is 10.0 Å². The highest BCUT2D eigenvalue weighted by Crippen LogP contribution is 2.29. The molecule has 0 aliphatic rings. The molecule has 0 saturated carbocycles. The zero-order valence-corrected chi connectivity index (χ0v) is 13.4. The Bertz CT molecular complexity index is 533. The molecule has 1 aromatic carbocycles. The molecule has 1 rings (SSSR count). The lowest BCUT2D eigenvalue weighted by Crippen LogP contribution is -2.29. The van der Waals surface area contributed by atoms with Crippen LogP contribution in [0.1, 0.15) is 24.9 Å². The first-order valence-electron chi connectivity index (χ1n) is 6.21. The standard InChI is InChI=1S/C13H20ClNO4S/c1-10(15-20(16,17)8-4-7-14)12-9-11(18-2)5-6-13(12)19-3/h5-6,9-10,15H,4,7-8H2,1-3H3. The molecule has 0 fully saturated rings. The molecule has 0 aliphatic carbocycles. The fraction of sp³-hybridized carbons (Fsp3) is 0.538. The Morgan fingerprint density at radius 1 is 1.30 bits per heavy atom. The van der Waals surface area contributed by atoms with Crippen LogP contribution in [-0.4, -0.2) is 34.3 Å². The second kappa shape index (κ2) is 7.71. The van der Waals surface area contributed by atoms with Gasteiger partial charge in [-0.2, -0.15) is 0 Å². The van der Waals surface area contributed by atoms with E-state index >= 15 is 0 Å². The second-order valence-electron chi connectivity index (χ2n) is 4.31. The van der Waals surface area contributed by atoms with Crippen LogP contribution in [0.15, 0.2) is 18.2 Å². The van der Waals surface area contributed by atoms with E-state index in [-0.39, 0.29) is 5.75 Å². The van der Waals surface area contributed by atoms with Crippen LogP contribution < -0.4 is 14.2 Å². The molecular formula is C13H20ClNO4S. The Balaban J connectivity index is 2.93. The van der Waals surface area contributed by atoms with Crippen molar-refractivity contribution in [2.45, 2.75) is 19.4 Å². The fourth-order valence-electron chi connectivity index (χ4n) is 1.81. The minimum Gasteiger partial charge on any atom is -0.497 e. The smallest absolute Gasteiger partial charge is 0.212 e. The number of rotatable bonds is 8. The molecule has 0 saturated heterocycles. The summed E-state index contributed by atoms with van der Waals surface area (Å²) in [6, 6.07) is 4.85. The van der Waals surface area contributed by atoms with E-state index in [0.717, 1.165) is 5.56 Å². The fourth-order valence-corrected chi connectivity index (χ4v) is 3.41. The van der Waals surface area contributed by atoms with E-state index in [4.69, 9.17) is 21.1 Å². The Morgan fingerprint density at radius 3 is 2.55 bits per heavy atom. The van der Waals surface area contributed by atoms with E-state index < -0.39 is 16.1 Å². The number of hydrogen-bond donors (Lipinski definition) is 1. The van der Waals surface area contributed by atoms with Crippen LogP contribution in [-0.2, 0) is 10.0 Å². The first-order valence-corrected chi connectivity index (χ1v) is 8.40. The summed E-state index contributed by atoms with van der Waals surface area (Å²) in [5.74, 6) is 1.58. The van der Waals surface area contributed by atoms with E-state index in [1.54, 1.807) is 39.3 Å². The van der Waals surface area contributed by atoms with Crippen LogP contribution in [0.3, 0.4) is 0 Å². The SMILES string of the molecule is COc1ccc(OC)c(C(C)NS(=O)(=O)CCCCl)c1. The van der Waals surface area contributed by atoms with Gasteiger partial charge < -0.3 is 9.47 Å². The van der Waals surface area contributed by atoms with Crippen LogP contribution in [0.4, 0.5) is 0 Å². The minimum atomic E-state index is -3.37. The van der Waals surface area contributed by atoms with Gasteiger partial charge in [0, 0.05) is 17.5 Å². The van der Waals surface area contributed by atoms with E-state index in [9.17, 15) is 8.42 Å². The highest BCUT2D eigenvalue weighted by Gasteiger charge is 2.19. The van der Waals surface area contributed by atoms with Gasteiger partial charge in [-0.1, -0.05) is 0 Å². The summed E-state index contributed by atoms with van der Waals surface area (Å²) < 4.78 is 36.8. The molecule has 20 heavy (non-hydrogen) atoms. The van der Waals surface area contributed by atoms with Gasteiger partial charge in [0.1, 0.15) is 11.5 Å². The van der Waals surface area contributed by atoms with Gasteiger partial charge in [-0.05, 0) is 31.5 Å². The first kappa shape index (κ1) is 17.1. The van der Waals surface area contributed by atoms with E-state index in [1.807, 2.05) is 0 Å². The van der Waals surface area contributed by atoms with Crippen LogP contribution in [0.25, 0.3) is 0 Å². The summed E-state index contributed by atoms with van der Waals surface area (Å²) in [6.07, 6.45) is 0.416. The molecule has 0 heterocycles. The van der Waals surface area contributed by atoms with Gasteiger partial charge >= 0.3 is 0 Å². The lowest BCUT2D eigenvalue weighted by Gasteiger charge is -2.18. The topological polar surface area (TPSA) is 64.6 Å². The molecule has 114 valence electrons. The molecule has 0 aliphatic heterocycles. The minimum absolute atomic E-state index is 0.00707. The number of hydrogen-bond acceptors (Lipinski definition) is 4. The monoisotopic (exact) mass is 321 g/mol. The van der Waals surface area contributed by atoms with Gasteiger partial charge in [-0.3, -0.25) is 0 Å². The first-order chi connectivity index (χ1) is 9.43. The summed E-state index contributed by atoms with van der Waals surface area (Å²) in [6.45, 7) is 1.76. The van der Waals surface area contributed by atoms with Crippen molar-refractivity contribution in [2.24, 2.45) is 0 Å². The third-order valence-corrected chi connectivity index (χ3v) is 4.61. The van der Waals surface area contributed by atoms with E-state index in [0.29, 0.717) is 23.8 Å². The molecule has 0 amide bonds. The summed E-state index contributed by atoms with van der Waals surface area (Å²) in [5.41, 5.74) is 0.723. The number of halogens is 1. The van der Waals surface area contributed by atoms with Crippen LogP contribution in [0, 0.1) is 0 Å². The van der Waals surface area contributed by atoms with Crippen molar-refractivity contribution in [1.82, 2.24) is 4.72 Å². The molecule has 0 bridgehead atoms. The summed E-state index contributed by atoms with van der Waals surface area (Å²) >= 11 is 5.52. The molecule has 0 spiro atoms. The normalized spacial score (nSPS) is 13.0. The summed E-state index contributed by atoms with van der Waals surface area (Å²) in [4.78, 5) is 0. The predicted molar refractivity (Wildman–Crippen MR) is 80.2 cm³/mol. The molecule has 5 nitrogen and oxygen atoms in total. The average molecular weight is 322 g/mol. The zero-order valence-electron chi connectivity index (χ0n) is 11.8. The van der Waals surface area contributed by atoms with E-state index in [1.165, 1.54) is 0 Å². The molecule has 1 unspecified atom stereocenters. The highest BCUT2D eigenvalue weighted by atomic mass is 35.5. The quantitative estimate of drug-likeness (QED) is 0.746. The number of alkyl halides is 1. The van der Waals surface area contributed by atoms with Crippen molar-refractivity contribution in [3.05, 3.63) is 23.8 Å². The molecule has 0 aromatic heterocycles. The van der Waals surface area contributed by atoms with Crippen molar-refractivity contribution in [1.29, 1.82) is 0 Å². The Labute approximate surface area is 125 Å². The van der Waals surface area contributed by atoms with Gasteiger partial charge in [0.15, 0.2) is 0 Å². The van der Waals surface area contributed by atoms with Crippen LogP contribution in [0.2, 0.25) is 0 Å². The van der Waals surface area contributed by atoms with Crippen molar-refractivity contribution in [3.8, 4) is 11.5 Å². The highest BCUT2D eigenvalue weighted by molar-refractivity contribution is 7.89. The number of benzene rings is 1. The molecule has 0 radical (unpaired) electrons. The van der Waals surface area contributed by atoms with Crippen molar-refractivity contribution < 1.29 is 17.9 Å². The third-order valence-electron chi connectivity index (χ3n) is 2.81. The molecular weight excluding hydrogens is 302 g/mol. The molecule has 1 atom stereocenters. The van der Waals surface area contributed by atoms with E-state index in [2.05, 4.69) is 4.72 Å². The maximum absolute atomic E-state index is 11.9. The lowest BCUT2D eigenvalue weighted by atomic mass is 10.1. The molecule has 7 heteroatoms. The molecule has 1 N–H and O–H groups in total. The van der Waals surface area contributed by atoms with Crippen LogP contribution >= 0.6 is 11.6 Å². The van der Waals surface area contributed by atoms with Crippen LogP contribution in [0.5, 0.6) is 11.5 Å². The predicted octanol–water partition coefficient (Wildman–Crippen LogP) is 2.31. The average Bonchev–Trinajstić information content (AvgIpc) is 2.43. The summed E-state index contributed by atoms with van der Waals surface area (Å²) in [5, 5.41) is 0.